The number of para-hydroxylation sites is 1. The van der Waals surface area contributed by atoms with Crippen LogP contribution in [0.2, 0.25) is 0 Å². The van der Waals surface area contributed by atoms with Gasteiger partial charge in [-0.3, -0.25) is 4.79 Å². The van der Waals surface area contributed by atoms with E-state index in [1.54, 1.807) is 0 Å². The molecule has 0 bridgehead atoms. The summed E-state index contributed by atoms with van der Waals surface area (Å²) in [6.07, 6.45) is 0.762. The normalized spacial score (nSPS) is 16.1. The number of ether oxygens (including phenoxy) is 1. The summed E-state index contributed by atoms with van der Waals surface area (Å²) < 4.78 is 5.64. The molecule has 24 heavy (non-hydrogen) atoms. The molecule has 1 amide bonds. The molecule has 120 valence electrons. The van der Waals surface area contributed by atoms with Crippen molar-refractivity contribution in [2.45, 2.75) is 12.5 Å². The molecule has 1 atom stereocenters. The molecular weight excluding hydrogens is 320 g/mol. The van der Waals surface area contributed by atoms with E-state index in [1.807, 2.05) is 60.0 Å². The van der Waals surface area contributed by atoms with Gasteiger partial charge in [-0.2, -0.15) is 0 Å². The van der Waals surface area contributed by atoms with Crippen molar-refractivity contribution in [3.63, 3.8) is 0 Å². The zero-order valence-corrected chi connectivity index (χ0v) is 13.8. The van der Waals surface area contributed by atoms with Gasteiger partial charge < -0.3 is 10.1 Å². The number of nitrogens with one attached hydrogen (secondary N) is 1. The van der Waals surface area contributed by atoms with Crippen LogP contribution in [0.5, 0.6) is 5.75 Å². The second-order valence-electron chi connectivity index (χ2n) is 5.60. The van der Waals surface area contributed by atoms with Gasteiger partial charge in [-0.25, -0.2) is 4.98 Å². The van der Waals surface area contributed by atoms with Gasteiger partial charge in [-0.1, -0.05) is 48.5 Å². The van der Waals surface area contributed by atoms with Crippen LogP contribution in [-0.4, -0.2) is 17.5 Å². The van der Waals surface area contributed by atoms with Crippen LogP contribution in [0.15, 0.2) is 60.0 Å². The molecule has 1 N–H and O–H groups in total. The van der Waals surface area contributed by atoms with Crippen LogP contribution in [0.3, 0.4) is 0 Å². The average Bonchev–Trinajstić information content (AvgIpc) is 3.13. The molecule has 5 heteroatoms. The molecule has 1 aliphatic rings. The Bertz CT molecular complexity index is 861. The molecule has 0 aliphatic carbocycles. The number of carbonyl (C=O) groups is 1. The summed E-state index contributed by atoms with van der Waals surface area (Å²) in [4.78, 5) is 17.0. The third kappa shape index (κ3) is 2.90. The molecule has 1 aliphatic heterocycles. The number of hydrogen-bond donors (Lipinski definition) is 1. The average molecular weight is 336 g/mol. The Balaban J connectivity index is 1.53. The maximum atomic E-state index is 12.6. The predicted molar refractivity (Wildman–Crippen MR) is 94.3 cm³/mol. The number of hydrogen-bond acceptors (Lipinski definition) is 4. The van der Waals surface area contributed by atoms with Gasteiger partial charge in [0.15, 0.2) is 0 Å². The monoisotopic (exact) mass is 336 g/mol. The Hall–Kier alpha value is -2.66. The topological polar surface area (TPSA) is 51.2 Å². The van der Waals surface area contributed by atoms with Crippen LogP contribution in [0.25, 0.3) is 10.6 Å². The molecular formula is C19H16N2O2S. The molecule has 1 aromatic heterocycles. The Labute approximate surface area is 144 Å². The first-order valence-electron chi connectivity index (χ1n) is 7.85. The summed E-state index contributed by atoms with van der Waals surface area (Å²) in [5.41, 5.74) is 2.51. The molecule has 0 fully saturated rings. The number of fused-ring (bicyclic) bond motifs is 1. The lowest BCUT2D eigenvalue weighted by atomic mass is 10.0. The largest absolute Gasteiger partial charge is 0.493 e. The van der Waals surface area contributed by atoms with E-state index in [2.05, 4.69) is 10.3 Å². The zero-order valence-electron chi connectivity index (χ0n) is 12.9. The standard InChI is InChI=1S/C19H16N2O2S/c22-18(16-12-24-19(21-16)13-6-2-1-3-7-13)20-15-10-11-23-17-9-5-4-8-14(15)17/h1-9,12,15H,10-11H2,(H,20,22)/t15-/m0/s1. The van der Waals surface area contributed by atoms with Crippen LogP contribution in [-0.2, 0) is 0 Å². The first-order chi connectivity index (χ1) is 11.8. The van der Waals surface area contributed by atoms with E-state index in [0.29, 0.717) is 12.3 Å². The third-order valence-electron chi connectivity index (χ3n) is 4.02. The molecule has 3 aromatic rings. The van der Waals surface area contributed by atoms with Crippen molar-refractivity contribution in [3.05, 3.63) is 71.2 Å². The third-order valence-corrected chi connectivity index (χ3v) is 4.91. The fourth-order valence-corrected chi connectivity index (χ4v) is 3.62. The highest BCUT2D eigenvalue weighted by atomic mass is 32.1. The van der Waals surface area contributed by atoms with Gasteiger partial charge in [0.05, 0.1) is 12.6 Å². The van der Waals surface area contributed by atoms with Crippen LogP contribution in [0.1, 0.15) is 28.5 Å². The van der Waals surface area contributed by atoms with Gasteiger partial charge >= 0.3 is 0 Å². The van der Waals surface area contributed by atoms with Crippen molar-refractivity contribution in [3.8, 4) is 16.3 Å². The summed E-state index contributed by atoms with van der Waals surface area (Å²) in [7, 11) is 0. The molecule has 0 saturated carbocycles. The minimum absolute atomic E-state index is 0.0377. The first kappa shape index (κ1) is 14.9. The molecule has 2 heterocycles. The van der Waals surface area contributed by atoms with E-state index >= 15 is 0 Å². The number of benzene rings is 2. The van der Waals surface area contributed by atoms with E-state index in [-0.39, 0.29) is 11.9 Å². The van der Waals surface area contributed by atoms with E-state index in [1.165, 1.54) is 11.3 Å². The number of nitrogens with zero attached hydrogens (tertiary/aromatic N) is 1. The zero-order chi connectivity index (χ0) is 16.4. The second-order valence-corrected chi connectivity index (χ2v) is 6.46. The van der Waals surface area contributed by atoms with E-state index in [9.17, 15) is 4.79 Å². The number of thiazole rings is 1. The lowest BCUT2D eigenvalue weighted by molar-refractivity contribution is 0.0920. The highest BCUT2D eigenvalue weighted by Gasteiger charge is 2.24. The Morgan fingerprint density at radius 2 is 1.92 bits per heavy atom. The molecule has 0 unspecified atom stereocenters. The minimum atomic E-state index is -0.143. The Morgan fingerprint density at radius 3 is 2.79 bits per heavy atom. The van der Waals surface area contributed by atoms with Gasteiger partial charge in [0, 0.05) is 22.9 Å². The minimum Gasteiger partial charge on any atom is -0.493 e. The van der Waals surface area contributed by atoms with E-state index in [4.69, 9.17) is 4.74 Å². The first-order valence-corrected chi connectivity index (χ1v) is 8.73. The highest BCUT2D eigenvalue weighted by Crippen LogP contribution is 2.32. The van der Waals surface area contributed by atoms with Crippen LogP contribution >= 0.6 is 11.3 Å². The van der Waals surface area contributed by atoms with Crippen molar-refractivity contribution in [1.82, 2.24) is 10.3 Å². The van der Waals surface area contributed by atoms with Crippen LogP contribution in [0, 0.1) is 0 Å². The fourth-order valence-electron chi connectivity index (χ4n) is 2.82. The maximum Gasteiger partial charge on any atom is 0.271 e. The number of carbonyl (C=O) groups excluding carboxylic acids is 1. The number of rotatable bonds is 3. The Morgan fingerprint density at radius 1 is 1.12 bits per heavy atom. The summed E-state index contributed by atoms with van der Waals surface area (Å²) in [5, 5.41) is 5.74. The highest BCUT2D eigenvalue weighted by molar-refractivity contribution is 7.13. The van der Waals surface area contributed by atoms with Crippen molar-refractivity contribution < 1.29 is 9.53 Å². The lowest BCUT2D eigenvalue weighted by Crippen LogP contribution is -2.32. The summed E-state index contributed by atoms with van der Waals surface area (Å²) in [6.45, 7) is 0.605. The predicted octanol–water partition coefficient (Wildman–Crippen LogP) is 4.06. The quantitative estimate of drug-likeness (QED) is 0.784. The molecule has 2 aromatic carbocycles. The van der Waals surface area contributed by atoms with Crippen molar-refractivity contribution in [2.24, 2.45) is 0 Å². The molecule has 4 nitrogen and oxygen atoms in total. The van der Waals surface area contributed by atoms with Crippen molar-refractivity contribution in [2.75, 3.05) is 6.61 Å². The smallest absolute Gasteiger partial charge is 0.271 e. The van der Waals surface area contributed by atoms with Crippen molar-refractivity contribution in [1.29, 1.82) is 0 Å². The van der Waals surface area contributed by atoms with Crippen LogP contribution < -0.4 is 10.1 Å². The van der Waals surface area contributed by atoms with E-state index in [0.717, 1.165) is 28.3 Å². The molecule has 4 rings (SSSR count). The van der Waals surface area contributed by atoms with Gasteiger partial charge in [0.1, 0.15) is 16.5 Å². The van der Waals surface area contributed by atoms with Crippen LogP contribution in [0.4, 0.5) is 0 Å². The summed E-state index contributed by atoms with van der Waals surface area (Å²) in [5.74, 6) is 0.701. The summed E-state index contributed by atoms with van der Waals surface area (Å²) in [6, 6.07) is 17.7. The van der Waals surface area contributed by atoms with E-state index < -0.39 is 0 Å². The van der Waals surface area contributed by atoms with Gasteiger partial charge in [0.2, 0.25) is 0 Å². The second kappa shape index (κ2) is 6.45. The summed E-state index contributed by atoms with van der Waals surface area (Å²) >= 11 is 1.48. The molecule has 0 spiro atoms. The number of amides is 1. The molecule has 0 radical (unpaired) electrons. The number of aromatic nitrogens is 1. The van der Waals surface area contributed by atoms with Gasteiger partial charge in [-0.05, 0) is 6.07 Å². The SMILES string of the molecule is O=C(N[C@H]1CCOc2ccccc21)c1csc(-c2ccccc2)n1. The molecule has 0 saturated heterocycles. The van der Waals surface area contributed by atoms with Gasteiger partial charge in [-0.15, -0.1) is 11.3 Å². The Kier molecular flexibility index (Phi) is 4.01. The van der Waals surface area contributed by atoms with Gasteiger partial charge in [0.25, 0.3) is 5.91 Å². The maximum absolute atomic E-state index is 12.6. The fraction of sp³-hybridized carbons (Fsp3) is 0.158. The lowest BCUT2D eigenvalue weighted by Gasteiger charge is -2.26. The van der Waals surface area contributed by atoms with Crippen molar-refractivity contribution >= 4 is 17.2 Å².